The number of nitrogens with one attached hydrogen (secondary N) is 1. The van der Waals surface area contributed by atoms with E-state index >= 15 is 0 Å². The Morgan fingerprint density at radius 2 is 2.29 bits per heavy atom. The van der Waals surface area contributed by atoms with Crippen LogP contribution in [0, 0.1) is 24.6 Å². The molecule has 28 heavy (non-hydrogen) atoms. The second kappa shape index (κ2) is 6.51. The average molecular weight is 382 g/mol. The van der Waals surface area contributed by atoms with Crippen LogP contribution in [0.4, 0.5) is 10.1 Å². The number of ether oxygens (including phenoxy) is 1. The van der Waals surface area contributed by atoms with E-state index in [2.05, 4.69) is 20.2 Å². The Hall–Kier alpha value is -2.54. The van der Waals surface area contributed by atoms with Gasteiger partial charge in [0, 0.05) is 50.1 Å². The van der Waals surface area contributed by atoms with Crippen molar-refractivity contribution in [2.24, 2.45) is 11.8 Å². The number of amides is 1. The van der Waals surface area contributed by atoms with E-state index in [4.69, 9.17) is 4.74 Å². The van der Waals surface area contributed by atoms with Crippen molar-refractivity contribution in [1.29, 1.82) is 0 Å². The Morgan fingerprint density at radius 1 is 1.39 bits per heavy atom. The fourth-order valence-electron chi connectivity index (χ4n) is 5.26. The number of anilines is 1. The van der Waals surface area contributed by atoms with E-state index in [1.807, 2.05) is 13.0 Å². The Morgan fingerprint density at radius 3 is 3.11 bits per heavy atom. The molecule has 0 unspecified atom stereocenters. The molecule has 2 aromatic rings. The second-order valence-corrected chi connectivity index (χ2v) is 8.20. The molecule has 0 aromatic carbocycles. The summed E-state index contributed by atoms with van der Waals surface area (Å²) in [6, 6.07) is 3.56. The van der Waals surface area contributed by atoms with Crippen molar-refractivity contribution >= 4 is 11.6 Å². The Kier molecular flexibility index (Phi) is 4.08. The van der Waals surface area contributed by atoms with Gasteiger partial charge in [0.15, 0.2) is 5.82 Å². The van der Waals surface area contributed by atoms with Crippen LogP contribution in [0.3, 0.4) is 0 Å². The van der Waals surface area contributed by atoms with Crippen molar-refractivity contribution in [1.82, 2.24) is 15.3 Å². The molecular weight excluding hydrogens is 359 g/mol. The van der Waals surface area contributed by atoms with Gasteiger partial charge in [-0.2, -0.15) is 0 Å². The van der Waals surface area contributed by atoms with Gasteiger partial charge in [0.2, 0.25) is 0 Å². The molecule has 3 aliphatic rings. The highest BCUT2D eigenvalue weighted by Gasteiger charge is 2.63. The number of rotatable bonds is 4. The molecule has 146 valence electrons. The molecule has 3 fully saturated rings. The summed E-state index contributed by atoms with van der Waals surface area (Å²) in [5, 5.41) is 3.07. The second-order valence-electron chi connectivity index (χ2n) is 8.20. The lowest BCUT2D eigenvalue weighted by Gasteiger charge is -2.29. The van der Waals surface area contributed by atoms with E-state index in [1.54, 1.807) is 24.7 Å². The highest BCUT2D eigenvalue weighted by molar-refractivity contribution is 5.94. The van der Waals surface area contributed by atoms with Gasteiger partial charge in [0.05, 0.1) is 29.2 Å². The topological polar surface area (TPSA) is 67.4 Å². The molecule has 3 saturated heterocycles. The minimum Gasteiger partial charge on any atom is -0.369 e. The fourth-order valence-corrected chi connectivity index (χ4v) is 5.26. The van der Waals surface area contributed by atoms with Crippen LogP contribution in [0.5, 0.6) is 0 Å². The third kappa shape index (κ3) is 2.76. The molecule has 5 heterocycles. The summed E-state index contributed by atoms with van der Waals surface area (Å²) in [7, 11) is 0. The zero-order valence-corrected chi connectivity index (χ0v) is 15.8. The van der Waals surface area contributed by atoms with E-state index in [-0.39, 0.29) is 35.3 Å². The molecule has 2 bridgehead atoms. The summed E-state index contributed by atoms with van der Waals surface area (Å²) in [6.45, 7) is 3.92. The summed E-state index contributed by atoms with van der Waals surface area (Å²) < 4.78 is 20.6. The van der Waals surface area contributed by atoms with Gasteiger partial charge in [-0.3, -0.25) is 14.8 Å². The minimum absolute atomic E-state index is 0.108. The highest BCUT2D eigenvalue weighted by Crippen LogP contribution is 2.55. The molecule has 0 radical (unpaired) electrons. The van der Waals surface area contributed by atoms with Crippen LogP contribution in [0.15, 0.2) is 36.9 Å². The van der Waals surface area contributed by atoms with Gasteiger partial charge in [-0.05, 0) is 37.5 Å². The number of halogens is 1. The Bertz CT molecular complexity index is 923. The largest absolute Gasteiger partial charge is 0.369 e. The maximum atomic E-state index is 14.2. The predicted octanol–water partition coefficient (Wildman–Crippen LogP) is 2.34. The van der Waals surface area contributed by atoms with Crippen LogP contribution < -0.4 is 10.2 Å². The Labute approximate surface area is 163 Å². The van der Waals surface area contributed by atoms with Gasteiger partial charge in [-0.15, -0.1) is 0 Å². The maximum Gasteiger partial charge on any atom is 0.252 e. The van der Waals surface area contributed by atoms with Gasteiger partial charge < -0.3 is 15.0 Å². The van der Waals surface area contributed by atoms with Crippen LogP contribution in [0.25, 0.3) is 0 Å². The van der Waals surface area contributed by atoms with Gasteiger partial charge in [-0.25, -0.2) is 4.39 Å². The van der Waals surface area contributed by atoms with Crippen molar-refractivity contribution in [2.45, 2.75) is 31.5 Å². The molecule has 1 spiro atoms. The lowest BCUT2D eigenvalue weighted by Crippen LogP contribution is -2.41. The molecule has 7 heteroatoms. The van der Waals surface area contributed by atoms with Gasteiger partial charge >= 0.3 is 0 Å². The third-order valence-electron chi connectivity index (χ3n) is 6.51. The predicted molar refractivity (Wildman–Crippen MR) is 102 cm³/mol. The standard InChI is InChI=1S/C21H23FN4O2/c1-13-6-14(8-24-7-13)20(27)25-9-15-16-11-26(18-3-5-23-10-17(18)22)12-21(16)4-2-19(15)28-21/h3,5-8,10,15-16,19H,2,4,9,11-12H2,1H3,(H,25,27)/t15-,16+,19+,21+/m0/s1. The third-order valence-corrected chi connectivity index (χ3v) is 6.51. The lowest BCUT2D eigenvalue weighted by molar-refractivity contribution is 0.0141. The summed E-state index contributed by atoms with van der Waals surface area (Å²) in [6.07, 6.45) is 8.36. The van der Waals surface area contributed by atoms with Gasteiger partial charge in [0.25, 0.3) is 5.91 Å². The van der Waals surface area contributed by atoms with E-state index in [9.17, 15) is 9.18 Å². The lowest BCUT2D eigenvalue weighted by atomic mass is 9.73. The average Bonchev–Trinajstić information content (AvgIpc) is 3.35. The van der Waals surface area contributed by atoms with E-state index in [1.165, 1.54) is 6.20 Å². The summed E-state index contributed by atoms with van der Waals surface area (Å²) in [5.41, 5.74) is 1.89. The van der Waals surface area contributed by atoms with Gasteiger partial charge in [0.1, 0.15) is 0 Å². The number of hydrogen-bond donors (Lipinski definition) is 1. The molecule has 4 atom stereocenters. The van der Waals surface area contributed by atoms with Crippen LogP contribution in [-0.4, -0.2) is 47.2 Å². The minimum atomic E-state index is -0.301. The van der Waals surface area contributed by atoms with Crippen molar-refractivity contribution < 1.29 is 13.9 Å². The summed E-state index contributed by atoms with van der Waals surface area (Å²) in [5.74, 6) is 0.119. The zero-order valence-electron chi connectivity index (χ0n) is 15.8. The van der Waals surface area contributed by atoms with Crippen molar-refractivity contribution in [3.05, 3.63) is 53.9 Å². The first-order chi connectivity index (χ1) is 13.6. The number of fused-ring (bicyclic) bond motifs is 1. The first-order valence-electron chi connectivity index (χ1n) is 9.78. The number of nitrogens with zero attached hydrogens (tertiary/aromatic N) is 3. The molecular formula is C21H23FN4O2. The smallest absolute Gasteiger partial charge is 0.252 e. The SMILES string of the molecule is Cc1cncc(C(=O)NC[C@H]2[C@H]3CN(c4ccncc4F)C[C@]34CC[C@H]2O4)c1. The van der Waals surface area contributed by atoms with E-state index in [0.29, 0.717) is 24.3 Å². The van der Waals surface area contributed by atoms with Gasteiger partial charge in [-0.1, -0.05) is 0 Å². The molecule has 2 aromatic heterocycles. The summed E-state index contributed by atoms with van der Waals surface area (Å²) in [4.78, 5) is 22.5. The molecule has 5 rings (SSSR count). The first-order valence-corrected chi connectivity index (χ1v) is 9.78. The van der Waals surface area contributed by atoms with E-state index in [0.717, 1.165) is 24.9 Å². The van der Waals surface area contributed by atoms with Crippen molar-refractivity contribution in [2.75, 3.05) is 24.5 Å². The first kappa shape index (κ1) is 17.6. The number of hydrogen-bond acceptors (Lipinski definition) is 5. The molecule has 3 aliphatic heterocycles. The number of pyridine rings is 2. The summed E-state index contributed by atoms with van der Waals surface area (Å²) >= 11 is 0. The molecule has 0 aliphatic carbocycles. The molecule has 1 N–H and O–H groups in total. The number of aromatic nitrogens is 2. The molecule has 1 amide bonds. The molecule has 6 nitrogen and oxygen atoms in total. The monoisotopic (exact) mass is 382 g/mol. The molecule has 0 saturated carbocycles. The maximum absolute atomic E-state index is 14.2. The van der Waals surface area contributed by atoms with Crippen LogP contribution in [0.1, 0.15) is 28.8 Å². The van der Waals surface area contributed by atoms with Crippen molar-refractivity contribution in [3.63, 3.8) is 0 Å². The Balaban J connectivity index is 1.31. The number of aryl methyl sites for hydroxylation is 1. The fraction of sp³-hybridized carbons (Fsp3) is 0.476. The quantitative estimate of drug-likeness (QED) is 0.879. The highest BCUT2D eigenvalue weighted by atomic mass is 19.1. The van der Waals surface area contributed by atoms with Crippen LogP contribution >= 0.6 is 0 Å². The van der Waals surface area contributed by atoms with E-state index < -0.39 is 0 Å². The van der Waals surface area contributed by atoms with Crippen LogP contribution in [-0.2, 0) is 4.74 Å². The number of carbonyl (C=O) groups is 1. The van der Waals surface area contributed by atoms with Crippen molar-refractivity contribution in [3.8, 4) is 0 Å². The zero-order chi connectivity index (χ0) is 19.3. The number of carbonyl (C=O) groups excluding carboxylic acids is 1. The van der Waals surface area contributed by atoms with Crippen LogP contribution in [0.2, 0.25) is 0 Å². The normalized spacial score (nSPS) is 30.5.